The Morgan fingerprint density at radius 3 is 2.47 bits per heavy atom. The number of benzene rings is 1. The van der Waals surface area contributed by atoms with E-state index in [1.165, 1.54) is 0 Å². The lowest BCUT2D eigenvalue weighted by molar-refractivity contribution is 0.577. The third-order valence-electron chi connectivity index (χ3n) is 2.33. The Hall–Kier alpha value is -1.40. The second-order valence-electron chi connectivity index (χ2n) is 3.96. The molecule has 6 heteroatoms. The molecule has 0 amide bonds. The molecule has 5 nitrogen and oxygen atoms in total. The first-order valence-electron chi connectivity index (χ1n) is 5.21. The number of hydrogen-bond donors (Lipinski definition) is 3. The van der Waals surface area contributed by atoms with E-state index in [0.717, 1.165) is 11.8 Å². The molecule has 0 heterocycles. The van der Waals surface area contributed by atoms with Gasteiger partial charge in [-0.05, 0) is 5.56 Å². The predicted molar refractivity (Wildman–Crippen MR) is 68.6 cm³/mol. The number of nitrogens with one attached hydrogen (secondary N) is 2. The van der Waals surface area contributed by atoms with Crippen LogP contribution < -0.4 is 10.5 Å². The summed E-state index contributed by atoms with van der Waals surface area (Å²) >= 11 is 0. The van der Waals surface area contributed by atoms with Crippen LogP contribution in [0.3, 0.4) is 0 Å². The lowest BCUT2D eigenvalue weighted by atomic mass is 9.95. The molecule has 0 saturated carbocycles. The molecule has 0 bridgehead atoms. The first-order valence-corrected chi connectivity index (χ1v) is 7.10. The van der Waals surface area contributed by atoms with Crippen molar-refractivity contribution in [3.63, 3.8) is 0 Å². The maximum atomic E-state index is 11.1. The highest BCUT2D eigenvalue weighted by molar-refractivity contribution is 7.88. The van der Waals surface area contributed by atoms with Crippen molar-refractivity contribution >= 4 is 15.9 Å². The van der Waals surface area contributed by atoms with Gasteiger partial charge in [-0.2, -0.15) is 0 Å². The Labute approximate surface area is 102 Å². The van der Waals surface area contributed by atoms with Crippen LogP contribution in [-0.2, 0) is 10.0 Å². The smallest absolute Gasteiger partial charge is 0.208 e. The number of amidine groups is 1. The molecule has 0 aliphatic carbocycles. The van der Waals surface area contributed by atoms with Gasteiger partial charge in [-0.15, -0.1) is 0 Å². The van der Waals surface area contributed by atoms with Crippen LogP contribution in [0.1, 0.15) is 17.9 Å². The summed E-state index contributed by atoms with van der Waals surface area (Å²) in [7, 11) is -3.22. The molecule has 1 aromatic carbocycles. The van der Waals surface area contributed by atoms with Gasteiger partial charge in [0, 0.05) is 18.9 Å². The molecule has 4 N–H and O–H groups in total. The molecule has 0 aromatic heterocycles. The summed E-state index contributed by atoms with van der Waals surface area (Å²) in [5.74, 6) is -0.0578. The first kappa shape index (κ1) is 13.7. The molecule has 1 rings (SSSR count). The number of rotatable bonds is 6. The van der Waals surface area contributed by atoms with E-state index in [0.29, 0.717) is 6.42 Å². The highest BCUT2D eigenvalue weighted by Gasteiger charge is 2.14. The van der Waals surface area contributed by atoms with Gasteiger partial charge in [-0.3, -0.25) is 5.41 Å². The maximum Gasteiger partial charge on any atom is 0.208 e. The molecule has 0 saturated heterocycles. The fraction of sp³-hybridized carbons (Fsp3) is 0.364. The molecule has 1 atom stereocenters. The number of sulfonamides is 1. The van der Waals surface area contributed by atoms with Crippen LogP contribution in [-0.4, -0.2) is 27.1 Å². The fourth-order valence-corrected chi connectivity index (χ4v) is 2.05. The molecule has 0 fully saturated rings. The monoisotopic (exact) mass is 255 g/mol. The highest BCUT2D eigenvalue weighted by atomic mass is 32.2. The molecule has 0 radical (unpaired) electrons. The minimum absolute atomic E-state index is 0.0501. The van der Waals surface area contributed by atoms with Gasteiger partial charge < -0.3 is 5.73 Å². The zero-order chi connectivity index (χ0) is 12.9. The lowest BCUT2D eigenvalue weighted by Crippen LogP contribution is -2.29. The van der Waals surface area contributed by atoms with Crippen LogP contribution in [0.5, 0.6) is 0 Å². The van der Waals surface area contributed by atoms with Gasteiger partial charge in [0.2, 0.25) is 10.0 Å². The first-order chi connectivity index (χ1) is 7.88. The lowest BCUT2D eigenvalue weighted by Gasteiger charge is -2.16. The molecule has 94 valence electrons. The summed E-state index contributed by atoms with van der Waals surface area (Å²) in [4.78, 5) is 0. The minimum atomic E-state index is -3.22. The molecule has 0 aliphatic heterocycles. The van der Waals surface area contributed by atoms with Crippen molar-refractivity contribution in [3.8, 4) is 0 Å². The summed E-state index contributed by atoms with van der Waals surface area (Å²) in [5.41, 5.74) is 6.35. The largest absolute Gasteiger partial charge is 0.388 e. The predicted octanol–water partition coefficient (Wildman–Crippen LogP) is 0.645. The van der Waals surface area contributed by atoms with E-state index < -0.39 is 10.0 Å². The molecular weight excluding hydrogens is 238 g/mol. The fourth-order valence-electron chi connectivity index (χ4n) is 1.55. The average Bonchev–Trinajstić information content (AvgIpc) is 2.24. The summed E-state index contributed by atoms with van der Waals surface area (Å²) in [6, 6.07) is 9.44. The van der Waals surface area contributed by atoms with Gasteiger partial charge in [0.15, 0.2) is 0 Å². The van der Waals surface area contributed by atoms with E-state index in [4.69, 9.17) is 11.1 Å². The van der Waals surface area contributed by atoms with E-state index in [9.17, 15) is 8.42 Å². The van der Waals surface area contributed by atoms with Gasteiger partial charge in [0.1, 0.15) is 0 Å². The second-order valence-corrected chi connectivity index (χ2v) is 5.79. The molecule has 0 spiro atoms. The van der Waals surface area contributed by atoms with Gasteiger partial charge in [-0.25, -0.2) is 13.1 Å². The topological polar surface area (TPSA) is 96.0 Å². The van der Waals surface area contributed by atoms with Crippen LogP contribution in [0.4, 0.5) is 0 Å². The Balaban J connectivity index is 2.78. The summed E-state index contributed by atoms with van der Waals surface area (Å²) in [5, 5.41) is 7.31. The molecule has 1 unspecified atom stereocenters. The maximum absolute atomic E-state index is 11.1. The minimum Gasteiger partial charge on any atom is -0.388 e. The Kier molecular flexibility index (Phi) is 4.65. The molecule has 0 aliphatic rings. The quantitative estimate of drug-likeness (QED) is 0.514. The van der Waals surface area contributed by atoms with Crippen LogP contribution in [0, 0.1) is 5.41 Å². The van der Waals surface area contributed by atoms with Crippen LogP contribution >= 0.6 is 0 Å². The van der Waals surface area contributed by atoms with Crippen molar-refractivity contribution in [1.29, 1.82) is 5.41 Å². The van der Waals surface area contributed by atoms with Crippen molar-refractivity contribution in [3.05, 3.63) is 35.9 Å². The van der Waals surface area contributed by atoms with E-state index in [1.807, 2.05) is 30.3 Å². The SMILES string of the molecule is CS(=O)(=O)NCC(CC(=N)N)c1ccccc1. The van der Waals surface area contributed by atoms with Gasteiger partial charge >= 0.3 is 0 Å². The molecule has 17 heavy (non-hydrogen) atoms. The standard InChI is InChI=1S/C11H17N3O2S/c1-17(15,16)14-8-10(7-11(12)13)9-5-3-2-4-6-9/h2-6,10,14H,7-8H2,1H3,(H3,12,13). The van der Waals surface area contributed by atoms with Gasteiger partial charge in [-0.1, -0.05) is 30.3 Å². The normalized spacial score (nSPS) is 13.2. The van der Waals surface area contributed by atoms with Crippen LogP contribution in [0.15, 0.2) is 30.3 Å². The van der Waals surface area contributed by atoms with Crippen molar-refractivity contribution in [2.75, 3.05) is 12.8 Å². The van der Waals surface area contributed by atoms with Crippen molar-refractivity contribution in [2.45, 2.75) is 12.3 Å². The highest BCUT2D eigenvalue weighted by Crippen LogP contribution is 2.18. The molecular formula is C11H17N3O2S. The third-order valence-corrected chi connectivity index (χ3v) is 3.02. The van der Waals surface area contributed by atoms with E-state index in [2.05, 4.69) is 4.72 Å². The van der Waals surface area contributed by atoms with Crippen LogP contribution in [0.2, 0.25) is 0 Å². The zero-order valence-corrected chi connectivity index (χ0v) is 10.5. The number of nitrogens with two attached hydrogens (primary N) is 1. The zero-order valence-electron chi connectivity index (χ0n) is 9.68. The summed E-state index contributed by atoms with van der Waals surface area (Å²) in [6.07, 6.45) is 1.45. The summed E-state index contributed by atoms with van der Waals surface area (Å²) in [6.45, 7) is 0.252. The Morgan fingerprint density at radius 1 is 1.41 bits per heavy atom. The van der Waals surface area contributed by atoms with Crippen LogP contribution in [0.25, 0.3) is 0 Å². The second kappa shape index (κ2) is 5.79. The number of hydrogen-bond acceptors (Lipinski definition) is 3. The van der Waals surface area contributed by atoms with Crippen molar-refractivity contribution < 1.29 is 8.42 Å². The summed E-state index contributed by atoms with van der Waals surface area (Å²) < 4.78 is 24.6. The Morgan fingerprint density at radius 2 is 2.00 bits per heavy atom. The van der Waals surface area contributed by atoms with E-state index in [-0.39, 0.29) is 18.3 Å². The third kappa shape index (κ3) is 5.46. The Bertz CT molecular complexity index is 471. The van der Waals surface area contributed by atoms with Gasteiger partial charge in [0.05, 0.1) is 12.1 Å². The average molecular weight is 255 g/mol. The van der Waals surface area contributed by atoms with Crippen molar-refractivity contribution in [1.82, 2.24) is 4.72 Å². The van der Waals surface area contributed by atoms with Gasteiger partial charge in [0.25, 0.3) is 0 Å². The van der Waals surface area contributed by atoms with E-state index in [1.54, 1.807) is 0 Å². The molecule has 1 aromatic rings. The van der Waals surface area contributed by atoms with Crippen molar-refractivity contribution in [2.24, 2.45) is 5.73 Å². The van der Waals surface area contributed by atoms with E-state index >= 15 is 0 Å².